The predicted molar refractivity (Wildman–Crippen MR) is 73.2 cm³/mol. The van der Waals surface area contributed by atoms with Crippen molar-refractivity contribution in [2.75, 3.05) is 0 Å². The van der Waals surface area contributed by atoms with Gasteiger partial charge >= 0.3 is 0 Å². The highest BCUT2D eigenvalue weighted by molar-refractivity contribution is 7.71. The zero-order valence-corrected chi connectivity index (χ0v) is 10.6. The fourth-order valence-corrected chi connectivity index (χ4v) is 2.47. The molecule has 3 aromatic rings. The smallest absolute Gasteiger partial charge is 0.182 e. The number of nitrogens with one attached hydrogen (secondary N) is 1. The Hall–Kier alpha value is -1.94. The van der Waals surface area contributed by atoms with Crippen LogP contribution in [0.4, 0.5) is 4.39 Å². The third-order valence-electron chi connectivity index (χ3n) is 2.87. The Bertz CT molecular complexity index is 766. The SMILES string of the molecule is Cc1cc(F)cc(-n2c(=S)[nH]c3ccccc32)c1. The van der Waals surface area contributed by atoms with Crippen LogP contribution in [-0.2, 0) is 0 Å². The maximum Gasteiger partial charge on any atom is 0.182 e. The number of nitrogens with zero attached hydrogens (tertiary/aromatic N) is 1. The number of imidazole rings is 1. The van der Waals surface area contributed by atoms with E-state index in [4.69, 9.17) is 12.2 Å². The van der Waals surface area contributed by atoms with E-state index in [2.05, 4.69) is 4.98 Å². The summed E-state index contributed by atoms with van der Waals surface area (Å²) in [4.78, 5) is 3.12. The molecule has 90 valence electrons. The zero-order chi connectivity index (χ0) is 12.7. The van der Waals surface area contributed by atoms with E-state index in [1.54, 1.807) is 0 Å². The van der Waals surface area contributed by atoms with E-state index in [-0.39, 0.29) is 5.82 Å². The molecule has 0 aliphatic carbocycles. The Kier molecular flexibility index (Phi) is 2.52. The first-order valence-corrected chi connectivity index (χ1v) is 6.03. The number of halogens is 1. The first-order valence-electron chi connectivity index (χ1n) is 5.62. The summed E-state index contributed by atoms with van der Waals surface area (Å²) in [6, 6.07) is 12.7. The van der Waals surface area contributed by atoms with Gasteiger partial charge in [-0.25, -0.2) is 4.39 Å². The summed E-state index contributed by atoms with van der Waals surface area (Å²) in [6.07, 6.45) is 0. The molecule has 0 unspecified atom stereocenters. The first-order chi connectivity index (χ1) is 8.65. The van der Waals surface area contributed by atoms with Crippen molar-refractivity contribution in [2.24, 2.45) is 0 Å². The van der Waals surface area contributed by atoms with Crippen LogP contribution in [0.5, 0.6) is 0 Å². The molecule has 0 aliphatic rings. The molecule has 0 bridgehead atoms. The Balaban J connectivity index is 2.37. The zero-order valence-electron chi connectivity index (χ0n) is 9.77. The van der Waals surface area contributed by atoms with Gasteiger partial charge in [-0.15, -0.1) is 0 Å². The number of rotatable bonds is 1. The van der Waals surface area contributed by atoms with E-state index in [9.17, 15) is 4.39 Å². The minimum absolute atomic E-state index is 0.253. The molecule has 0 fully saturated rings. The summed E-state index contributed by atoms with van der Waals surface area (Å²) in [5.41, 5.74) is 3.52. The van der Waals surface area contributed by atoms with Gasteiger partial charge in [-0.2, -0.15) is 0 Å². The van der Waals surface area contributed by atoms with Crippen LogP contribution < -0.4 is 0 Å². The molecule has 0 saturated heterocycles. The number of aryl methyl sites for hydroxylation is 1. The lowest BCUT2D eigenvalue weighted by Gasteiger charge is -2.06. The van der Waals surface area contributed by atoms with Gasteiger partial charge in [-0.1, -0.05) is 12.1 Å². The van der Waals surface area contributed by atoms with Gasteiger partial charge in [0, 0.05) is 0 Å². The molecule has 0 spiro atoms. The van der Waals surface area contributed by atoms with Crippen LogP contribution in [-0.4, -0.2) is 9.55 Å². The Morgan fingerprint density at radius 2 is 1.94 bits per heavy atom. The molecule has 2 nitrogen and oxygen atoms in total. The van der Waals surface area contributed by atoms with Crippen molar-refractivity contribution < 1.29 is 4.39 Å². The highest BCUT2D eigenvalue weighted by Crippen LogP contribution is 2.20. The van der Waals surface area contributed by atoms with Crippen LogP contribution in [0.1, 0.15) is 5.56 Å². The molecule has 0 aliphatic heterocycles. The van der Waals surface area contributed by atoms with Crippen molar-refractivity contribution in [3.8, 4) is 5.69 Å². The normalized spacial score (nSPS) is 11.0. The van der Waals surface area contributed by atoms with E-state index in [0.29, 0.717) is 4.77 Å². The second-order valence-electron chi connectivity index (χ2n) is 4.27. The maximum absolute atomic E-state index is 13.5. The van der Waals surface area contributed by atoms with Crippen molar-refractivity contribution in [3.05, 3.63) is 58.6 Å². The number of hydrogen-bond acceptors (Lipinski definition) is 1. The van der Waals surface area contributed by atoms with Crippen LogP contribution in [0.25, 0.3) is 16.7 Å². The van der Waals surface area contributed by atoms with Gasteiger partial charge in [0.25, 0.3) is 0 Å². The minimum Gasteiger partial charge on any atom is -0.330 e. The van der Waals surface area contributed by atoms with Gasteiger partial charge in [0.15, 0.2) is 4.77 Å². The summed E-state index contributed by atoms with van der Waals surface area (Å²) >= 11 is 5.31. The van der Waals surface area contributed by atoms with Crippen LogP contribution in [0.2, 0.25) is 0 Å². The number of fused-ring (bicyclic) bond motifs is 1. The predicted octanol–water partition coefficient (Wildman–Crippen LogP) is 4.14. The van der Waals surface area contributed by atoms with Gasteiger partial charge in [0.1, 0.15) is 5.82 Å². The molecule has 1 N–H and O–H groups in total. The van der Waals surface area contributed by atoms with Crippen LogP contribution in [0.15, 0.2) is 42.5 Å². The standard InChI is InChI=1S/C14H11FN2S/c1-9-6-10(15)8-11(7-9)17-13-5-3-2-4-12(13)16-14(17)18/h2-8H,1H3,(H,16,18). The highest BCUT2D eigenvalue weighted by Gasteiger charge is 2.07. The molecule has 1 heterocycles. The van der Waals surface area contributed by atoms with Crippen molar-refractivity contribution in [1.82, 2.24) is 9.55 Å². The van der Waals surface area contributed by atoms with Gasteiger partial charge < -0.3 is 4.98 Å². The monoisotopic (exact) mass is 258 g/mol. The number of para-hydroxylation sites is 2. The number of aromatic amines is 1. The Labute approximate surface area is 109 Å². The third kappa shape index (κ3) is 1.75. The Morgan fingerprint density at radius 3 is 2.72 bits per heavy atom. The summed E-state index contributed by atoms with van der Waals surface area (Å²) < 4.78 is 15.9. The number of benzene rings is 2. The Morgan fingerprint density at radius 1 is 1.17 bits per heavy atom. The molecule has 0 atom stereocenters. The topological polar surface area (TPSA) is 20.7 Å². The summed E-state index contributed by atoms with van der Waals surface area (Å²) in [7, 11) is 0. The summed E-state index contributed by atoms with van der Waals surface area (Å²) in [5.74, 6) is -0.253. The number of hydrogen-bond donors (Lipinski definition) is 1. The quantitative estimate of drug-likeness (QED) is 0.651. The average Bonchev–Trinajstić information content (AvgIpc) is 2.63. The molecule has 3 rings (SSSR count). The molecule has 1 aromatic heterocycles. The van der Waals surface area contributed by atoms with Gasteiger partial charge in [0.05, 0.1) is 16.7 Å². The average molecular weight is 258 g/mol. The lowest BCUT2D eigenvalue weighted by atomic mass is 10.2. The van der Waals surface area contributed by atoms with Crippen LogP contribution in [0, 0.1) is 17.5 Å². The third-order valence-corrected chi connectivity index (χ3v) is 3.16. The molecule has 18 heavy (non-hydrogen) atoms. The highest BCUT2D eigenvalue weighted by atomic mass is 32.1. The van der Waals surface area contributed by atoms with Crippen LogP contribution in [0.3, 0.4) is 0 Å². The van der Waals surface area contributed by atoms with Gasteiger partial charge in [-0.05, 0) is 55.0 Å². The minimum atomic E-state index is -0.253. The fourth-order valence-electron chi connectivity index (χ4n) is 2.16. The second kappa shape index (κ2) is 4.07. The van der Waals surface area contributed by atoms with E-state index >= 15 is 0 Å². The second-order valence-corrected chi connectivity index (χ2v) is 4.66. The van der Waals surface area contributed by atoms with E-state index < -0.39 is 0 Å². The van der Waals surface area contributed by atoms with Crippen molar-refractivity contribution >= 4 is 23.3 Å². The van der Waals surface area contributed by atoms with Crippen molar-refractivity contribution in [3.63, 3.8) is 0 Å². The van der Waals surface area contributed by atoms with Crippen molar-refractivity contribution in [1.29, 1.82) is 0 Å². The van der Waals surface area contributed by atoms with E-state index in [0.717, 1.165) is 22.3 Å². The molecule has 0 radical (unpaired) electrons. The van der Waals surface area contributed by atoms with Gasteiger partial charge in [0.2, 0.25) is 0 Å². The largest absolute Gasteiger partial charge is 0.330 e. The molecule has 0 saturated carbocycles. The first kappa shape index (κ1) is 11.2. The summed E-state index contributed by atoms with van der Waals surface area (Å²) in [5, 5.41) is 0. The number of aromatic nitrogens is 2. The lowest BCUT2D eigenvalue weighted by molar-refractivity contribution is 0.625. The fraction of sp³-hybridized carbons (Fsp3) is 0.0714. The molecular weight excluding hydrogens is 247 g/mol. The molecular formula is C14H11FN2S. The van der Waals surface area contributed by atoms with E-state index in [1.165, 1.54) is 12.1 Å². The summed E-state index contributed by atoms with van der Waals surface area (Å²) in [6.45, 7) is 1.87. The molecule has 0 amide bonds. The molecule has 4 heteroatoms. The number of H-pyrrole nitrogens is 1. The lowest BCUT2D eigenvalue weighted by Crippen LogP contribution is -1.95. The maximum atomic E-state index is 13.5. The molecule has 2 aromatic carbocycles. The van der Waals surface area contributed by atoms with Crippen LogP contribution >= 0.6 is 12.2 Å². The van der Waals surface area contributed by atoms with E-state index in [1.807, 2.05) is 41.8 Å². The van der Waals surface area contributed by atoms with Crippen molar-refractivity contribution in [2.45, 2.75) is 6.92 Å². The van der Waals surface area contributed by atoms with Gasteiger partial charge in [-0.3, -0.25) is 4.57 Å².